The second kappa shape index (κ2) is 4.44. The van der Waals surface area contributed by atoms with E-state index in [1.165, 1.54) is 6.92 Å². The van der Waals surface area contributed by atoms with Gasteiger partial charge >= 0.3 is 0 Å². The Kier molecular flexibility index (Phi) is 3.49. The van der Waals surface area contributed by atoms with Gasteiger partial charge in [-0.3, -0.25) is 9.59 Å². The Morgan fingerprint density at radius 2 is 1.86 bits per heavy atom. The summed E-state index contributed by atoms with van der Waals surface area (Å²) in [6.45, 7) is 5.28. The molecule has 4 nitrogen and oxygen atoms in total. The van der Waals surface area contributed by atoms with Crippen molar-refractivity contribution in [2.75, 3.05) is 0 Å². The molecule has 0 aliphatic heterocycles. The first-order valence-electron chi connectivity index (χ1n) is 5.08. The summed E-state index contributed by atoms with van der Waals surface area (Å²) < 4.78 is 0. The molecule has 1 rings (SSSR count). The van der Waals surface area contributed by atoms with Crippen molar-refractivity contribution >= 4 is 11.8 Å². The first-order chi connectivity index (χ1) is 6.50. The minimum atomic E-state index is -0.395. The molecule has 1 atom stereocenters. The number of amides is 2. The Bertz CT molecular complexity index is 234. The fourth-order valence-corrected chi connectivity index (χ4v) is 1.27. The standard InChI is InChI=1S/C10H18N2O2/c1-6(2)9(11-7(3)13)10(14)12-8-4-5-8/h6,8-9H,4-5H2,1-3H3,(H,11,13)(H,12,14). The van der Waals surface area contributed by atoms with E-state index in [0.29, 0.717) is 6.04 Å². The Morgan fingerprint density at radius 1 is 1.29 bits per heavy atom. The first-order valence-corrected chi connectivity index (χ1v) is 5.08. The maximum atomic E-state index is 11.6. The van der Waals surface area contributed by atoms with Gasteiger partial charge in [-0.2, -0.15) is 0 Å². The van der Waals surface area contributed by atoms with Crippen LogP contribution in [0.15, 0.2) is 0 Å². The van der Waals surface area contributed by atoms with E-state index in [9.17, 15) is 9.59 Å². The van der Waals surface area contributed by atoms with Gasteiger partial charge in [0.15, 0.2) is 0 Å². The summed E-state index contributed by atoms with van der Waals surface area (Å²) in [5.41, 5.74) is 0. The third kappa shape index (κ3) is 3.36. The highest BCUT2D eigenvalue weighted by atomic mass is 16.2. The zero-order valence-corrected chi connectivity index (χ0v) is 8.96. The molecular formula is C10H18N2O2. The van der Waals surface area contributed by atoms with Crippen molar-refractivity contribution in [1.29, 1.82) is 0 Å². The van der Waals surface area contributed by atoms with Crippen molar-refractivity contribution in [1.82, 2.24) is 10.6 Å². The van der Waals surface area contributed by atoms with Gasteiger partial charge in [0, 0.05) is 13.0 Å². The van der Waals surface area contributed by atoms with Crippen LogP contribution in [0, 0.1) is 5.92 Å². The van der Waals surface area contributed by atoms with Gasteiger partial charge in [-0.25, -0.2) is 0 Å². The van der Waals surface area contributed by atoms with E-state index in [-0.39, 0.29) is 17.7 Å². The monoisotopic (exact) mass is 198 g/mol. The summed E-state index contributed by atoms with van der Waals surface area (Å²) in [7, 11) is 0. The smallest absolute Gasteiger partial charge is 0.243 e. The lowest BCUT2D eigenvalue weighted by molar-refractivity contribution is -0.129. The molecule has 1 aliphatic rings. The molecule has 0 aromatic heterocycles. The molecule has 0 spiro atoms. The molecule has 2 amide bonds. The van der Waals surface area contributed by atoms with Crippen LogP contribution in [0.1, 0.15) is 33.6 Å². The predicted molar refractivity (Wildman–Crippen MR) is 53.6 cm³/mol. The average molecular weight is 198 g/mol. The highest BCUT2D eigenvalue weighted by molar-refractivity contribution is 5.87. The van der Waals surface area contributed by atoms with Gasteiger partial charge in [-0.1, -0.05) is 13.8 Å². The number of nitrogens with one attached hydrogen (secondary N) is 2. The van der Waals surface area contributed by atoms with Gasteiger partial charge in [0.25, 0.3) is 0 Å². The zero-order valence-electron chi connectivity index (χ0n) is 8.96. The number of hydrogen-bond acceptors (Lipinski definition) is 2. The molecule has 0 saturated heterocycles. The van der Waals surface area contributed by atoms with Gasteiger partial charge < -0.3 is 10.6 Å². The van der Waals surface area contributed by atoms with E-state index in [1.54, 1.807) is 0 Å². The Labute approximate surface area is 84.4 Å². The minimum Gasteiger partial charge on any atom is -0.352 e. The van der Waals surface area contributed by atoms with Gasteiger partial charge in [-0.15, -0.1) is 0 Å². The van der Waals surface area contributed by atoms with Crippen LogP contribution in [0.4, 0.5) is 0 Å². The highest BCUT2D eigenvalue weighted by Gasteiger charge is 2.29. The molecule has 4 heteroatoms. The molecule has 0 bridgehead atoms. The Hall–Kier alpha value is -1.06. The Balaban J connectivity index is 2.46. The molecule has 2 N–H and O–H groups in total. The summed E-state index contributed by atoms with van der Waals surface area (Å²) >= 11 is 0. The van der Waals surface area contributed by atoms with Crippen molar-refractivity contribution in [3.8, 4) is 0 Å². The van der Waals surface area contributed by atoms with E-state index in [0.717, 1.165) is 12.8 Å². The second-order valence-corrected chi connectivity index (χ2v) is 4.21. The van der Waals surface area contributed by atoms with Gasteiger partial charge in [0.05, 0.1) is 0 Å². The van der Waals surface area contributed by atoms with E-state index < -0.39 is 6.04 Å². The molecule has 80 valence electrons. The topological polar surface area (TPSA) is 58.2 Å². The molecule has 14 heavy (non-hydrogen) atoms. The third-order valence-electron chi connectivity index (χ3n) is 2.23. The van der Waals surface area contributed by atoms with Crippen LogP contribution in [0.3, 0.4) is 0 Å². The number of carbonyl (C=O) groups is 2. The summed E-state index contributed by atoms with van der Waals surface area (Å²) in [6.07, 6.45) is 2.13. The fraction of sp³-hybridized carbons (Fsp3) is 0.800. The molecule has 0 radical (unpaired) electrons. The van der Waals surface area contributed by atoms with Crippen molar-refractivity contribution in [2.45, 2.75) is 45.7 Å². The van der Waals surface area contributed by atoms with Crippen molar-refractivity contribution in [3.05, 3.63) is 0 Å². The van der Waals surface area contributed by atoms with Crippen molar-refractivity contribution < 1.29 is 9.59 Å². The third-order valence-corrected chi connectivity index (χ3v) is 2.23. The fourth-order valence-electron chi connectivity index (χ4n) is 1.27. The highest BCUT2D eigenvalue weighted by Crippen LogP contribution is 2.19. The van der Waals surface area contributed by atoms with Crippen LogP contribution < -0.4 is 10.6 Å². The van der Waals surface area contributed by atoms with Gasteiger partial charge in [-0.05, 0) is 18.8 Å². The molecule has 0 aromatic carbocycles. The molecule has 1 fully saturated rings. The minimum absolute atomic E-state index is 0.0577. The van der Waals surface area contributed by atoms with Gasteiger partial charge in [0.1, 0.15) is 6.04 Å². The van der Waals surface area contributed by atoms with Crippen LogP contribution in [0.5, 0.6) is 0 Å². The normalized spacial score (nSPS) is 17.7. The summed E-state index contributed by atoms with van der Waals surface area (Å²) in [4.78, 5) is 22.5. The van der Waals surface area contributed by atoms with E-state index in [2.05, 4.69) is 10.6 Å². The Morgan fingerprint density at radius 3 is 2.21 bits per heavy atom. The van der Waals surface area contributed by atoms with Gasteiger partial charge in [0.2, 0.25) is 11.8 Å². The number of rotatable bonds is 4. The molecule has 0 heterocycles. The molecule has 1 unspecified atom stereocenters. The summed E-state index contributed by atoms with van der Waals surface area (Å²) in [5.74, 6) is -0.0926. The van der Waals surface area contributed by atoms with Crippen LogP contribution >= 0.6 is 0 Å². The lowest BCUT2D eigenvalue weighted by Gasteiger charge is -2.20. The maximum absolute atomic E-state index is 11.6. The second-order valence-electron chi connectivity index (χ2n) is 4.21. The predicted octanol–water partition coefficient (Wildman–Crippen LogP) is 0.426. The van der Waals surface area contributed by atoms with E-state index in [1.807, 2.05) is 13.8 Å². The van der Waals surface area contributed by atoms with E-state index >= 15 is 0 Å². The lowest BCUT2D eigenvalue weighted by Crippen LogP contribution is -2.49. The quantitative estimate of drug-likeness (QED) is 0.688. The summed E-state index contributed by atoms with van der Waals surface area (Å²) in [5, 5.41) is 5.55. The van der Waals surface area contributed by atoms with E-state index in [4.69, 9.17) is 0 Å². The van der Waals surface area contributed by atoms with Crippen molar-refractivity contribution in [3.63, 3.8) is 0 Å². The van der Waals surface area contributed by atoms with Crippen LogP contribution in [-0.2, 0) is 9.59 Å². The zero-order chi connectivity index (χ0) is 10.7. The van der Waals surface area contributed by atoms with Crippen molar-refractivity contribution in [2.24, 2.45) is 5.92 Å². The largest absolute Gasteiger partial charge is 0.352 e. The number of hydrogen-bond donors (Lipinski definition) is 2. The molecule has 1 aliphatic carbocycles. The molecular weight excluding hydrogens is 180 g/mol. The van der Waals surface area contributed by atoms with Crippen LogP contribution in [0.2, 0.25) is 0 Å². The first kappa shape index (κ1) is 11.0. The number of carbonyl (C=O) groups excluding carboxylic acids is 2. The van der Waals surface area contributed by atoms with Crippen LogP contribution in [0.25, 0.3) is 0 Å². The SMILES string of the molecule is CC(=O)NC(C(=O)NC1CC1)C(C)C. The summed E-state index contributed by atoms with van der Waals surface area (Å²) in [6, 6.07) is -0.0504. The molecule has 0 aromatic rings. The average Bonchev–Trinajstić information content (AvgIpc) is 2.82. The molecule has 1 saturated carbocycles. The lowest BCUT2D eigenvalue weighted by atomic mass is 10.0. The van der Waals surface area contributed by atoms with Crippen LogP contribution in [-0.4, -0.2) is 23.9 Å². The maximum Gasteiger partial charge on any atom is 0.243 e.